The second-order valence-electron chi connectivity index (χ2n) is 6.73. The summed E-state index contributed by atoms with van der Waals surface area (Å²) in [5.74, 6) is 0.926. The van der Waals surface area contributed by atoms with E-state index in [4.69, 9.17) is 0 Å². The van der Waals surface area contributed by atoms with Gasteiger partial charge in [-0.2, -0.15) is 0 Å². The van der Waals surface area contributed by atoms with Crippen molar-refractivity contribution >= 4 is 15.5 Å². The molecule has 4 nitrogen and oxygen atoms in total. The predicted molar refractivity (Wildman–Crippen MR) is 86.3 cm³/mol. The summed E-state index contributed by atoms with van der Waals surface area (Å²) in [6.45, 7) is 4.59. The summed E-state index contributed by atoms with van der Waals surface area (Å²) in [7, 11) is -2.94. The number of nitrogens with one attached hydrogen (secondary N) is 1. The molecule has 1 heterocycles. The van der Waals surface area contributed by atoms with Gasteiger partial charge in [0.2, 0.25) is 0 Å². The fraction of sp³-hybridized carbons (Fsp3) is 0.625. The van der Waals surface area contributed by atoms with E-state index in [-0.39, 0.29) is 11.3 Å². The van der Waals surface area contributed by atoms with Crippen LogP contribution in [0.2, 0.25) is 0 Å². The number of anilines is 1. The number of hydrogen-bond acceptors (Lipinski definition) is 4. The molecule has 0 saturated heterocycles. The number of para-hydroxylation sites is 1. The molecule has 1 N–H and O–H groups in total. The highest BCUT2D eigenvalue weighted by molar-refractivity contribution is 7.90. The molecule has 21 heavy (non-hydrogen) atoms. The van der Waals surface area contributed by atoms with Gasteiger partial charge in [-0.1, -0.05) is 18.2 Å². The first-order valence-corrected chi connectivity index (χ1v) is 9.69. The van der Waals surface area contributed by atoms with Gasteiger partial charge in [0.15, 0.2) is 0 Å². The number of fused-ring (bicyclic) bond motifs is 1. The summed E-state index contributed by atoms with van der Waals surface area (Å²) in [6.07, 6.45) is 3.87. The molecule has 1 fully saturated rings. The Balaban J connectivity index is 1.88. The zero-order valence-electron chi connectivity index (χ0n) is 12.8. The van der Waals surface area contributed by atoms with Crippen LogP contribution >= 0.6 is 0 Å². The molecule has 0 bridgehead atoms. The number of hydrogen-bond donors (Lipinski definition) is 1. The second kappa shape index (κ2) is 5.29. The summed E-state index contributed by atoms with van der Waals surface area (Å²) in [5, 5.41) is 3.71. The topological polar surface area (TPSA) is 49.4 Å². The number of rotatable bonds is 4. The van der Waals surface area contributed by atoms with Gasteiger partial charge in [-0.3, -0.25) is 0 Å². The summed E-state index contributed by atoms with van der Waals surface area (Å²) in [6, 6.07) is 8.33. The molecule has 0 aromatic heterocycles. The predicted octanol–water partition coefficient (Wildman–Crippen LogP) is 1.81. The lowest BCUT2D eigenvalue weighted by molar-refractivity contribution is 0.317. The minimum atomic E-state index is -2.94. The number of benzene rings is 1. The summed E-state index contributed by atoms with van der Waals surface area (Å²) in [5.41, 5.74) is 2.52. The van der Waals surface area contributed by atoms with Gasteiger partial charge in [-0.05, 0) is 37.3 Å². The van der Waals surface area contributed by atoms with Crippen molar-refractivity contribution in [2.75, 3.05) is 30.0 Å². The summed E-state index contributed by atoms with van der Waals surface area (Å²) in [4.78, 5) is 2.26. The zero-order chi connectivity index (χ0) is 15.1. The number of sulfone groups is 1. The minimum Gasteiger partial charge on any atom is -0.368 e. The average Bonchev–Trinajstić information content (AvgIpc) is 3.25. The molecule has 1 aromatic carbocycles. The van der Waals surface area contributed by atoms with Gasteiger partial charge in [-0.15, -0.1) is 0 Å². The molecule has 1 saturated carbocycles. The maximum absolute atomic E-state index is 11.5. The van der Waals surface area contributed by atoms with E-state index in [9.17, 15) is 8.42 Å². The first-order valence-electron chi connectivity index (χ1n) is 7.63. The van der Waals surface area contributed by atoms with Crippen molar-refractivity contribution in [2.45, 2.75) is 31.8 Å². The molecule has 0 spiro atoms. The Morgan fingerprint density at radius 1 is 1.33 bits per heavy atom. The monoisotopic (exact) mass is 308 g/mol. The molecular formula is C16H24N2O2S. The van der Waals surface area contributed by atoms with Crippen LogP contribution in [0.4, 0.5) is 5.69 Å². The fourth-order valence-corrected chi connectivity index (χ4v) is 3.82. The minimum absolute atomic E-state index is 0.0799. The maximum atomic E-state index is 11.5. The first kappa shape index (κ1) is 14.9. The van der Waals surface area contributed by atoms with Crippen molar-refractivity contribution in [1.29, 1.82) is 0 Å². The molecular weight excluding hydrogens is 284 g/mol. The van der Waals surface area contributed by atoms with Crippen molar-refractivity contribution in [2.24, 2.45) is 5.92 Å². The summed E-state index contributed by atoms with van der Waals surface area (Å²) < 4.78 is 23.1. The van der Waals surface area contributed by atoms with Crippen LogP contribution in [0.15, 0.2) is 24.3 Å². The van der Waals surface area contributed by atoms with Crippen LogP contribution in [0.25, 0.3) is 0 Å². The van der Waals surface area contributed by atoms with Gasteiger partial charge >= 0.3 is 0 Å². The lowest BCUT2D eigenvalue weighted by Gasteiger charge is -2.35. The molecule has 2 aliphatic rings. The highest BCUT2D eigenvalue weighted by Gasteiger charge is 2.43. The first-order chi connectivity index (χ1) is 9.87. The largest absolute Gasteiger partial charge is 0.368 e. The van der Waals surface area contributed by atoms with Crippen molar-refractivity contribution in [3.8, 4) is 0 Å². The van der Waals surface area contributed by atoms with Gasteiger partial charge in [-0.25, -0.2) is 8.42 Å². The van der Waals surface area contributed by atoms with Gasteiger partial charge < -0.3 is 10.2 Å². The van der Waals surface area contributed by atoms with Gasteiger partial charge in [0, 0.05) is 37.1 Å². The number of nitrogens with zero attached hydrogens (tertiary/aromatic N) is 1. The summed E-state index contributed by atoms with van der Waals surface area (Å²) >= 11 is 0. The third-order valence-corrected chi connectivity index (χ3v) is 5.67. The van der Waals surface area contributed by atoms with Crippen molar-refractivity contribution in [1.82, 2.24) is 5.32 Å². The fourth-order valence-electron chi connectivity index (χ4n) is 3.27. The zero-order valence-corrected chi connectivity index (χ0v) is 13.6. The van der Waals surface area contributed by atoms with Crippen molar-refractivity contribution in [3.05, 3.63) is 29.8 Å². The highest BCUT2D eigenvalue weighted by Crippen LogP contribution is 2.42. The SMILES string of the molecule is CC1(C2CC2)CN(CCS(C)(=O)=O)c2ccccc2CN1. The van der Waals surface area contributed by atoms with Crippen LogP contribution in [0.1, 0.15) is 25.3 Å². The van der Waals surface area contributed by atoms with E-state index in [0.29, 0.717) is 12.5 Å². The van der Waals surface area contributed by atoms with Gasteiger partial charge in [0.25, 0.3) is 0 Å². The smallest absolute Gasteiger partial charge is 0.149 e. The van der Waals surface area contributed by atoms with E-state index >= 15 is 0 Å². The molecule has 1 aliphatic heterocycles. The van der Waals surface area contributed by atoms with Gasteiger partial charge in [0.05, 0.1) is 5.75 Å². The quantitative estimate of drug-likeness (QED) is 0.921. The van der Waals surface area contributed by atoms with E-state index in [1.54, 1.807) is 0 Å². The Kier molecular flexibility index (Phi) is 3.74. The Bertz CT molecular complexity index is 625. The van der Waals surface area contributed by atoms with Crippen LogP contribution < -0.4 is 10.2 Å². The normalized spacial score (nSPS) is 26.3. The average molecular weight is 308 g/mol. The Morgan fingerprint density at radius 2 is 2.05 bits per heavy atom. The molecule has 1 aliphatic carbocycles. The third-order valence-electron chi connectivity index (χ3n) is 4.74. The highest BCUT2D eigenvalue weighted by atomic mass is 32.2. The molecule has 1 aromatic rings. The molecule has 5 heteroatoms. The standard InChI is InChI=1S/C16H24N2O2S/c1-16(14-7-8-14)12-18(9-10-21(2,19)20)15-6-4-3-5-13(15)11-17-16/h3-6,14,17H,7-12H2,1-2H3. The Morgan fingerprint density at radius 3 is 2.71 bits per heavy atom. The molecule has 116 valence electrons. The second-order valence-corrected chi connectivity index (χ2v) is 8.99. The molecule has 1 unspecified atom stereocenters. The molecule has 0 radical (unpaired) electrons. The van der Waals surface area contributed by atoms with E-state index < -0.39 is 9.84 Å². The maximum Gasteiger partial charge on any atom is 0.149 e. The van der Waals surface area contributed by atoms with Crippen LogP contribution in [-0.4, -0.2) is 39.1 Å². The van der Waals surface area contributed by atoms with E-state index in [1.807, 2.05) is 6.07 Å². The molecule has 0 amide bonds. The molecule has 3 rings (SSSR count). The molecule has 1 atom stereocenters. The van der Waals surface area contributed by atoms with Gasteiger partial charge in [0.1, 0.15) is 9.84 Å². The third kappa shape index (κ3) is 3.40. The Labute approximate surface area is 127 Å². The lowest BCUT2D eigenvalue weighted by Crippen LogP contribution is -2.51. The Hall–Kier alpha value is -1.07. The van der Waals surface area contributed by atoms with Crippen LogP contribution in [0, 0.1) is 5.92 Å². The van der Waals surface area contributed by atoms with Crippen molar-refractivity contribution < 1.29 is 8.42 Å². The van der Waals surface area contributed by atoms with E-state index in [0.717, 1.165) is 13.1 Å². The van der Waals surface area contributed by atoms with Crippen molar-refractivity contribution in [3.63, 3.8) is 0 Å². The van der Waals surface area contributed by atoms with Crippen LogP contribution in [-0.2, 0) is 16.4 Å². The van der Waals surface area contributed by atoms with E-state index in [1.165, 1.54) is 30.3 Å². The van der Waals surface area contributed by atoms with Crippen LogP contribution in [0.5, 0.6) is 0 Å². The lowest BCUT2D eigenvalue weighted by atomic mass is 9.95. The van der Waals surface area contributed by atoms with Crippen LogP contribution in [0.3, 0.4) is 0 Å². The van der Waals surface area contributed by atoms with E-state index in [2.05, 4.69) is 35.3 Å².